The standard InChI is InChI=1S/C20H19FN2O/c1-14-18-11-17(21)8-7-15(18)9-10-23(14)13-20-22-12-19(24-20)16-5-3-2-4-6-16/h2-8,11-12,14H,9-10,13H2,1H3. The number of nitrogens with zero attached hydrogens (tertiary/aromatic N) is 2. The Kier molecular flexibility index (Phi) is 3.90. The van der Waals surface area contributed by atoms with Gasteiger partial charge in [0.25, 0.3) is 0 Å². The van der Waals surface area contributed by atoms with Gasteiger partial charge in [-0.2, -0.15) is 0 Å². The van der Waals surface area contributed by atoms with Crippen LogP contribution in [0.1, 0.15) is 30.0 Å². The molecule has 0 saturated heterocycles. The minimum atomic E-state index is -0.176. The first-order valence-corrected chi connectivity index (χ1v) is 8.23. The van der Waals surface area contributed by atoms with Crippen molar-refractivity contribution in [2.24, 2.45) is 0 Å². The summed E-state index contributed by atoms with van der Waals surface area (Å²) >= 11 is 0. The molecular weight excluding hydrogens is 303 g/mol. The Balaban J connectivity index is 1.53. The number of benzene rings is 2. The van der Waals surface area contributed by atoms with E-state index in [4.69, 9.17) is 4.42 Å². The van der Waals surface area contributed by atoms with E-state index in [1.165, 1.54) is 5.56 Å². The van der Waals surface area contributed by atoms with Crippen LogP contribution < -0.4 is 0 Å². The Morgan fingerprint density at radius 3 is 2.88 bits per heavy atom. The molecule has 1 aromatic heterocycles. The van der Waals surface area contributed by atoms with Crippen LogP contribution in [0.3, 0.4) is 0 Å². The first kappa shape index (κ1) is 15.1. The van der Waals surface area contributed by atoms with E-state index in [1.807, 2.05) is 36.4 Å². The van der Waals surface area contributed by atoms with E-state index in [9.17, 15) is 4.39 Å². The Labute approximate surface area is 140 Å². The van der Waals surface area contributed by atoms with Crippen molar-refractivity contribution in [3.05, 3.63) is 77.6 Å². The zero-order chi connectivity index (χ0) is 16.5. The maximum Gasteiger partial charge on any atom is 0.209 e. The molecule has 2 aromatic carbocycles. The molecule has 0 saturated carbocycles. The van der Waals surface area contributed by atoms with Crippen LogP contribution in [-0.4, -0.2) is 16.4 Å². The van der Waals surface area contributed by atoms with Gasteiger partial charge in [0.1, 0.15) is 5.82 Å². The Morgan fingerprint density at radius 2 is 2.04 bits per heavy atom. The van der Waals surface area contributed by atoms with E-state index in [1.54, 1.807) is 18.3 Å². The van der Waals surface area contributed by atoms with Gasteiger partial charge in [0, 0.05) is 18.2 Å². The highest BCUT2D eigenvalue weighted by Gasteiger charge is 2.25. The largest absolute Gasteiger partial charge is 0.439 e. The highest BCUT2D eigenvalue weighted by atomic mass is 19.1. The second kappa shape index (κ2) is 6.21. The van der Waals surface area contributed by atoms with Crippen LogP contribution in [0.4, 0.5) is 4.39 Å². The summed E-state index contributed by atoms with van der Waals surface area (Å²) in [6, 6.07) is 15.2. The summed E-state index contributed by atoms with van der Waals surface area (Å²) in [5.41, 5.74) is 3.32. The molecule has 0 spiro atoms. The summed E-state index contributed by atoms with van der Waals surface area (Å²) in [6.07, 6.45) is 2.69. The van der Waals surface area contributed by atoms with Crippen molar-refractivity contribution in [3.8, 4) is 11.3 Å². The molecule has 122 valence electrons. The fourth-order valence-electron chi connectivity index (χ4n) is 3.35. The molecule has 0 fully saturated rings. The molecule has 2 heterocycles. The number of oxazole rings is 1. The molecule has 4 rings (SSSR count). The van der Waals surface area contributed by atoms with Gasteiger partial charge < -0.3 is 4.42 Å². The van der Waals surface area contributed by atoms with Crippen molar-refractivity contribution in [2.45, 2.75) is 25.9 Å². The van der Waals surface area contributed by atoms with E-state index in [2.05, 4.69) is 16.8 Å². The van der Waals surface area contributed by atoms with Crippen LogP contribution in [0.2, 0.25) is 0 Å². The van der Waals surface area contributed by atoms with E-state index in [0.717, 1.165) is 29.9 Å². The minimum absolute atomic E-state index is 0.150. The SMILES string of the molecule is CC1c2cc(F)ccc2CCN1Cc1ncc(-c2ccccc2)o1. The van der Waals surface area contributed by atoms with Gasteiger partial charge in [-0.25, -0.2) is 9.37 Å². The molecule has 0 aliphatic carbocycles. The summed E-state index contributed by atoms with van der Waals surface area (Å²) in [5, 5.41) is 0. The molecule has 0 bridgehead atoms. The zero-order valence-corrected chi connectivity index (χ0v) is 13.6. The highest BCUT2D eigenvalue weighted by molar-refractivity contribution is 5.55. The molecule has 0 N–H and O–H groups in total. The van der Waals surface area contributed by atoms with Gasteiger partial charge in [0.2, 0.25) is 5.89 Å². The first-order chi connectivity index (χ1) is 11.7. The molecule has 4 heteroatoms. The summed E-state index contributed by atoms with van der Waals surface area (Å²) in [7, 11) is 0. The van der Waals surface area contributed by atoms with Crippen molar-refractivity contribution in [1.29, 1.82) is 0 Å². The summed E-state index contributed by atoms with van der Waals surface area (Å²) < 4.78 is 19.5. The second-order valence-corrected chi connectivity index (χ2v) is 6.22. The summed E-state index contributed by atoms with van der Waals surface area (Å²) in [4.78, 5) is 6.69. The Hall–Kier alpha value is -2.46. The van der Waals surface area contributed by atoms with E-state index >= 15 is 0 Å². The molecule has 1 atom stereocenters. The number of halogens is 1. The average molecular weight is 322 g/mol. The molecular formula is C20H19FN2O. The van der Waals surface area contributed by atoms with Crippen molar-refractivity contribution in [3.63, 3.8) is 0 Å². The summed E-state index contributed by atoms with van der Waals surface area (Å²) in [6.45, 7) is 3.66. The zero-order valence-electron chi connectivity index (χ0n) is 13.6. The second-order valence-electron chi connectivity index (χ2n) is 6.22. The van der Waals surface area contributed by atoms with Crippen molar-refractivity contribution < 1.29 is 8.81 Å². The van der Waals surface area contributed by atoms with Crippen LogP contribution in [0.25, 0.3) is 11.3 Å². The fourth-order valence-corrected chi connectivity index (χ4v) is 3.35. The normalized spacial score (nSPS) is 17.7. The van der Waals surface area contributed by atoms with Crippen molar-refractivity contribution >= 4 is 0 Å². The van der Waals surface area contributed by atoms with Crippen LogP contribution in [0.5, 0.6) is 0 Å². The molecule has 0 radical (unpaired) electrons. The lowest BCUT2D eigenvalue weighted by molar-refractivity contribution is 0.172. The lowest BCUT2D eigenvalue weighted by Gasteiger charge is -2.34. The molecule has 1 aliphatic rings. The van der Waals surface area contributed by atoms with E-state index < -0.39 is 0 Å². The van der Waals surface area contributed by atoms with Gasteiger partial charge in [0.05, 0.1) is 12.7 Å². The van der Waals surface area contributed by atoms with Gasteiger partial charge in [-0.1, -0.05) is 36.4 Å². The molecule has 3 aromatic rings. The van der Waals surface area contributed by atoms with E-state index in [0.29, 0.717) is 12.4 Å². The lowest BCUT2D eigenvalue weighted by Crippen LogP contribution is -2.33. The third kappa shape index (κ3) is 2.85. The molecule has 3 nitrogen and oxygen atoms in total. The van der Waals surface area contributed by atoms with Gasteiger partial charge in [0.15, 0.2) is 5.76 Å². The Bertz CT molecular complexity index is 844. The topological polar surface area (TPSA) is 29.3 Å². The number of rotatable bonds is 3. The number of hydrogen-bond donors (Lipinski definition) is 0. The lowest BCUT2D eigenvalue weighted by atomic mass is 9.93. The third-order valence-corrected chi connectivity index (χ3v) is 4.72. The van der Waals surface area contributed by atoms with Gasteiger partial charge >= 0.3 is 0 Å². The number of aromatic nitrogens is 1. The Morgan fingerprint density at radius 1 is 1.21 bits per heavy atom. The number of fused-ring (bicyclic) bond motifs is 1. The fraction of sp³-hybridized carbons (Fsp3) is 0.250. The minimum Gasteiger partial charge on any atom is -0.439 e. The average Bonchev–Trinajstić information content (AvgIpc) is 3.07. The maximum absolute atomic E-state index is 13.6. The van der Waals surface area contributed by atoms with Gasteiger partial charge in [-0.15, -0.1) is 0 Å². The smallest absolute Gasteiger partial charge is 0.209 e. The van der Waals surface area contributed by atoms with Gasteiger partial charge in [-0.05, 0) is 36.6 Å². The van der Waals surface area contributed by atoms with Crippen molar-refractivity contribution in [1.82, 2.24) is 9.88 Å². The van der Waals surface area contributed by atoms with Crippen molar-refractivity contribution in [2.75, 3.05) is 6.54 Å². The molecule has 24 heavy (non-hydrogen) atoms. The summed E-state index contributed by atoms with van der Waals surface area (Å²) in [5.74, 6) is 1.30. The third-order valence-electron chi connectivity index (χ3n) is 4.72. The van der Waals surface area contributed by atoms with Crippen LogP contribution >= 0.6 is 0 Å². The highest BCUT2D eigenvalue weighted by Crippen LogP contribution is 2.31. The predicted molar refractivity (Wildman–Crippen MR) is 90.9 cm³/mol. The predicted octanol–water partition coefficient (Wildman–Crippen LogP) is 4.60. The van der Waals surface area contributed by atoms with Crippen LogP contribution in [0.15, 0.2) is 59.1 Å². The quantitative estimate of drug-likeness (QED) is 0.706. The monoisotopic (exact) mass is 322 g/mol. The molecule has 1 unspecified atom stereocenters. The van der Waals surface area contributed by atoms with E-state index in [-0.39, 0.29) is 11.9 Å². The number of hydrogen-bond acceptors (Lipinski definition) is 3. The first-order valence-electron chi connectivity index (χ1n) is 8.23. The van der Waals surface area contributed by atoms with Crippen LogP contribution in [0, 0.1) is 5.82 Å². The maximum atomic E-state index is 13.6. The molecule has 0 amide bonds. The van der Waals surface area contributed by atoms with Gasteiger partial charge in [-0.3, -0.25) is 4.90 Å². The van der Waals surface area contributed by atoms with Crippen LogP contribution in [-0.2, 0) is 13.0 Å². The molecule has 1 aliphatic heterocycles.